The first kappa shape index (κ1) is 39.1. The standard InChI is InChI=1S/C43H50F3NO9/c44-43(45,46)27-6-5-7-29(21-27)54-24-28(48)13-14-31-30(33(50)22-34(31)51)8-3-1-2-4-9-37(52)55-35-15-12-26-20-36-42(53)17-16-32(49)40-41(42,38(26)39(35)56-40)18-19-47(36)23-25-10-11-25/h1,3,5-7,12-15,21,25,28,30-31,33-34,36,40,48,50-51,53H,2,4,8-11,16-20,22-24H2/b3-1-,14-13+/t28-,30-,31-,33+,34-,36-,40+,41+,42-/m1/s1. The van der Waals surface area contributed by atoms with E-state index in [2.05, 4.69) is 4.90 Å². The van der Waals surface area contributed by atoms with Gasteiger partial charge in [-0.15, -0.1) is 0 Å². The molecule has 13 heteroatoms. The molecule has 2 aromatic carbocycles. The molecule has 4 fully saturated rings. The predicted octanol–water partition coefficient (Wildman–Crippen LogP) is 5.21. The summed E-state index contributed by atoms with van der Waals surface area (Å²) < 4.78 is 56.6. The lowest BCUT2D eigenvalue weighted by Crippen LogP contribution is -2.76. The first-order valence-corrected chi connectivity index (χ1v) is 20.0. The molecule has 0 unspecified atom stereocenters. The van der Waals surface area contributed by atoms with Gasteiger partial charge in [-0.3, -0.25) is 14.5 Å². The average molecular weight is 782 g/mol. The van der Waals surface area contributed by atoms with Crippen LogP contribution in [0.1, 0.15) is 80.9 Å². The van der Waals surface area contributed by atoms with Gasteiger partial charge < -0.3 is 34.6 Å². The SMILES string of the molecule is O=C(CCC/C=C\C[C@@H]1[C@@H](/C=C/[C@@H](O)COc2cccc(C(F)(F)F)c2)[C@H](O)C[C@@H]1O)Oc1ccc2c3c1O[C@H]1C(=O)CC[C@@]4(O)[C@@H](C2)N(CC2CC2)CC[C@]314. The zero-order valence-corrected chi connectivity index (χ0v) is 31.2. The minimum atomic E-state index is -4.52. The summed E-state index contributed by atoms with van der Waals surface area (Å²) in [6, 6.07) is 8.03. The van der Waals surface area contributed by atoms with E-state index in [0.717, 1.165) is 36.3 Å². The first-order chi connectivity index (χ1) is 26.8. The van der Waals surface area contributed by atoms with E-state index in [9.17, 15) is 43.2 Å². The van der Waals surface area contributed by atoms with Crippen LogP contribution < -0.4 is 14.2 Å². The second kappa shape index (κ2) is 15.2. The molecule has 9 atom stereocenters. The highest BCUT2D eigenvalue weighted by Crippen LogP contribution is 2.65. The van der Waals surface area contributed by atoms with Crippen LogP contribution in [-0.4, -0.2) is 92.8 Å². The molecule has 1 spiro atoms. The molecule has 3 saturated carbocycles. The molecule has 0 aromatic heterocycles. The second-order valence-corrected chi connectivity index (χ2v) is 16.7. The van der Waals surface area contributed by atoms with E-state index >= 15 is 0 Å². The number of likely N-dealkylation sites (tertiary alicyclic amines) is 1. The summed E-state index contributed by atoms with van der Waals surface area (Å²) in [5, 5.41) is 44.1. The van der Waals surface area contributed by atoms with Crippen LogP contribution in [0.25, 0.3) is 0 Å². The number of ether oxygens (including phenoxy) is 3. The molecule has 4 N–H and O–H groups in total. The van der Waals surface area contributed by atoms with Crippen LogP contribution in [0, 0.1) is 17.8 Å². The van der Waals surface area contributed by atoms with Gasteiger partial charge in [-0.25, -0.2) is 0 Å². The summed E-state index contributed by atoms with van der Waals surface area (Å²) in [5.74, 6) is 0.108. The summed E-state index contributed by atoms with van der Waals surface area (Å²) in [6.07, 6.45) is 4.96. The summed E-state index contributed by atoms with van der Waals surface area (Å²) in [5.41, 5.74) is -0.895. The Kier molecular flexibility index (Phi) is 10.6. The Morgan fingerprint density at radius 3 is 2.71 bits per heavy atom. The summed E-state index contributed by atoms with van der Waals surface area (Å²) in [7, 11) is 0. The number of aliphatic hydroxyl groups excluding tert-OH is 3. The summed E-state index contributed by atoms with van der Waals surface area (Å²) in [6.45, 7) is 1.47. The molecule has 0 radical (unpaired) electrons. The number of nitrogens with zero attached hydrogens (tertiary/aromatic N) is 1. The fourth-order valence-corrected chi connectivity index (χ4v) is 10.2. The molecule has 10 nitrogen and oxygen atoms in total. The highest BCUT2D eigenvalue weighted by atomic mass is 19.4. The molecule has 56 heavy (non-hydrogen) atoms. The topological polar surface area (TPSA) is 146 Å². The maximum absolute atomic E-state index is 13.4. The van der Waals surface area contributed by atoms with Crippen molar-refractivity contribution < 1.29 is 57.4 Å². The van der Waals surface area contributed by atoms with Crippen molar-refractivity contribution in [3.63, 3.8) is 0 Å². The second-order valence-electron chi connectivity index (χ2n) is 16.7. The molecule has 6 aliphatic rings. The van der Waals surface area contributed by atoms with E-state index in [1.807, 2.05) is 18.2 Å². The molecule has 8 rings (SSSR count). The minimum absolute atomic E-state index is 0.0150. The number of carbonyl (C=O) groups excluding carboxylic acids is 2. The Hall–Kier alpha value is -3.75. The van der Waals surface area contributed by atoms with Gasteiger partial charge in [-0.05, 0) is 99.6 Å². The fraction of sp³-hybridized carbons (Fsp3) is 0.581. The number of unbranched alkanes of at least 4 members (excludes halogenated alkanes) is 1. The van der Waals surface area contributed by atoms with Crippen LogP contribution in [0.3, 0.4) is 0 Å². The molecule has 2 aliphatic heterocycles. The number of Topliss-reactive ketones (excluding diaryl/α,β-unsaturated/α-hetero) is 1. The zero-order chi connectivity index (χ0) is 39.4. The number of carbonyl (C=O) groups is 2. The van der Waals surface area contributed by atoms with Gasteiger partial charge in [-0.1, -0.05) is 36.4 Å². The van der Waals surface area contributed by atoms with Crippen LogP contribution in [-0.2, 0) is 27.6 Å². The Morgan fingerprint density at radius 1 is 1.11 bits per heavy atom. The van der Waals surface area contributed by atoms with Crippen molar-refractivity contribution in [3.05, 3.63) is 77.4 Å². The molecule has 2 bridgehead atoms. The number of hydrogen-bond donors (Lipinski definition) is 4. The van der Waals surface area contributed by atoms with Gasteiger partial charge in [-0.2, -0.15) is 13.2 Å². The molecule has 2 heterocycles. The highest BCUT2D eigenvalue weighted by Gasteiger charge is 2.73. The van der Waals surface area contributed by atoms with E-state index in [-0.39, 0.29) is 55.1 Å². The molecule has 2 aromatic rings. The number of benzene rings is 2. The van der Waals surface area contributed by atoms with Crippen molar-refractivity contribution in [2.24, 2.45) is 17.8 Å². The number of esters is 1. The van der Waals surface area contributed by atoms with Crippen LogP contribution >= 0.6 is 0 Å². The molecule has 302 valence electrons. The number of piperidine rings is 1. The van der Waals surface area contributed by atoms with Gasteiger partial charge in [0.25, 0.3) is 0 Å². The first-order valence-electron chi connectivity index (χ1n) is 20.0. The lowest BCUT2D eigenvalue weighted by atomic mass is 9.49. The molecular formula is C43H50F3NO9. The quantitative estimate of drug-likeness (QED) is 0.0873. The Bertz CT molecular complexity index is 1880. The maximum Gasteiger partial charge on any atom is 0.416 e. The summed E-state index contributed by atoms with van der Waals surface area (Å²) >= 11 is 0. The van der Waals surface area contributed by atoms with Crippen molar-refractivity contribution in [1.29, 1.82) is 0 Å². The van der Waals surface area contributed by atoms with Gasteiger partial charge in [0.15, 0.2) is 23.4 Å². The summed E-state index contributed by atoms with van der Waals surface area (Å²) in [4.78, 5) is 28.9. The van der Waals surface area contributed by atoms with Crippen molar-refractivity contribution in [1.82, 2.24) is 4.90 Å². The lowest BCUT2D eigenvalue weighted by Gasteiger charge is -2.62. The molecule has 0 amide bonds. The largest absolute Gasteiger partial charge is 0.491 e. The van der Waals surface area contributed by atoms with Crippen molar-refractivity contribution in [2.45, 2.75) is 118 Å². The van der Waals surface area contributed by atoms with Gasteiger partial charge in [0.05, 0.1) is 28.8 Å². The van der Waals surface area contributed by atoms with Crippen LogP contribution in [0.15, 0.2) is 60.7 Å². The number of hydrogen-bond acceptors (Lipinski definition) is 10. The predicted molar refractivity (Wildman–Crippen MR) is 197 cm³/mol. The van der Waals surface area contributed by atoms with Crippen LogP contribution in [0.5, 0.6) is 17.2 Å². The van der Waals surface area contributed by atoms with Crippen LogP contribution in [0.2, 0.25) is 0 Å². The van der Waals surface area contributed by atoms with Gasteiger partial charge in [0, 0.05) is 43.3 Å². The molecule has 4 aliphatic carbocycles. The van der Waals surface area contributed by atoms with Crippen molar-refractivity contribution in [2.75, 3.05) is 19.7 Å². The maximum atomic E-state index is 13.4. The van der Waals surface area contributed by atoms with Crippen LogP contribution in [0.4, 0.5) is 13.2 Å². The Balaban J connectivity index is 0.836. The van der Waals surface area contributed by atoms with Gasteiger partial charge >= 0.3 is 12.1 Å². The highest BCUT2D eigenvalue weighted by molar-refractivity contribution is 5.90. The zero-order valence-electron chi connectivity index (χ0n) is 31.2. The number of aliphatic hydroxyl groups is 4. The number of alkyl halides is 3. The average Bonchev–Trinajstić information content (AvgIpc) is 3.84. The Morgan fingerprint density at radius 2 is 1.93 bits per heavy atom. The third-order valence-corrected chi connectivity index (χ3v) is 13.1. The number of halogens is 3. The van der Waals surface area contributed by atoms with E-state index in [0.29, 0.717) is 50.2 Å². The smallest absolute Gasteiger partial charge is 0.416 e. The van der Waals surface area contributed by atoms with Crippen molar-refractivity contribution in [3.8, 4) is 17.2 Å². The minimum Gasteiger partial charge on any atom is -0.491 e. The van der Waals surface area contributed by atoms with E-state index in [4.69, 9.17) is 14.2 Å². The third-order valence-electron chi connectivity index (χ3n) is 13.1. The van der Waals surface area contributed by atoms with Crippen molar-refractivity contribution >= 4 is 11.8 Å². The third kappa shape index (κ3) is 7.18. The fourth-order valence-electron chi connectivity index (χ4n) is 10.2. The van der Waals surface area contributed by atoms with E-state index in [1.54, 1.807) is 12.1 Å². The van der Waals surface area contributed by atoms with Gasteiger partial charge in [0.1, 0.15) is 18.5 Å². The van der Waals surface area contributed by atoms with Gasteiger partial charge in [0.2, 0.25) is 0 Å². The Labute approximate surface area is 323 Å². The monoisotopic (exact) mass is 781 g/mol. The normalized spacial score (nSPS) is 32.8. The molecule has 1 saturated heterocycles. The number of ketones is 1. The van der Waals surface area contributed by atoms with E-state index < -0.39 is 59.1 Å². The molecular weight excluding hydrogens is 731 g/mol. The number of allylic oxidation sites excluding steroid dienone is 2. The number of rotatable bonds is 14. The van der Waals surface area contributed by atoms with E-state index in [1.165, 1.54) is 31.1 Å². The lowest BCUT2D eigenvalue weighted by molar-refractivity contribution is -0.188.